The molecule has 0 atom stereocenters. The van der Waals surface area contributed by atoms with E-state index in [2.05, 4.69) is 17.2 Å². The van der Waals surface area contributed by atoms with E-state index in [0.717, 1.165) is 42.7 Å². The molecule has 1 saturated heterocycles. The Kier molecular flexibility index (Phi) is 6.29. The minimum Gasteiger partial charge on any atom is -0.339 e. The van der Waals surface area contributed by atoms with Crippen molar-refractivity contribution in [1.82, 2.24) is 14.8 Å². The molecule has 0 unspecified atom stereocenters. The van der Waals surface area contributed by atoms with Crippen LogP contribution in [0.3, 0.4) is 0 Å². The second-order valence-electron chi connectivity index (χ2n) is 7.65. The number of carbonyl (C=O) groups excluding carboxylic acids is 2. The highest BCUT2D eigenvalue weighted by atomic mass is 16.2. The van der Waals surface area contributed by atoms with Crippen LogP contribution < -0.4 is 5.32 Å². The number of aryl methyl sites for hydroxylation is 1. The van der Waals surface area contributed by atoms with Gasteiger partial charge in [-0.3, -0.25) is 9.78 Å². The van der Waals surface area contributed by atoms with Gasteiger partial charge in [0.25, 0.3) is 5.91 Å². The van der Waals surface area contributed by atoms with Crippen LogP contribution in [0, 0.1) is 12.8 Å². The summed E-state index contributed by atoms with van der Waals surface area (Å²) in [5.41, 5.74) is 3.29. The van der Waals surface area contributed by atoms with E-state index < -0.39 is 0 Å². The van der Waals surface area contributed by atoms with Gasteiger partial charge in [-0.15, -0.1) is 0 Å². The molecule has 6 nitrogen and oxygen atoms in total. The van der Waals surface area contributed by atoms with Crippen molar-refractivity contribution < 1.29 is 9.59 Å². The smallest absolute Gasteiger partial charge is 0.321 e. The van der Waals surface area contributed by atoms with Crippen molar-refractivity contribution in [1.29, 1.82) is 0 Å². The summed E-state index contributed by atoms with van der Waals surface area (Å²) in [7, 11) is 1.75. The fourth-order valence-electron chi connectivity index (χ4n) is 3.38. The van der Waals surface area contributed by atoms with Crippen molar-refractivity contribution in [2.24, 2.45) is 5.92 Å². The van der Waals surface area contributed by atoms with Gasteiger partial charge in [0, 0.05) is 50.3 Å². The molecule has 1 aromatic carbocycles. The molecule has 0 radical (unpaired) electrons. The number of likely N-dealkylation sites (tertiary alicyclic amines) is 1. The maximum Gasteiger partial charge on any atom is 0.321 e. The number of benzene rings is 1. The van der Waals surface area contributed by atoms with Crippen LogP contribution in [0.2, 0.25) is 0 Å². The number of amides is 3. The predicted molar refractivity (Wildman–Crippen MR) is 110 cm³/mol. The average molecular weight is 380 g/mol. The number of rotatable bonds is 4. The zero-order chi connectivity index (χ0) is 20.1. The third-order valence-corrected chi connectivity index (χ3v) is 5.30. The monoisotopic (exact) mass is 380 g/mol. The molecule has 28 heavy (non-hydrogen) atoms. The molecular formula is C22H28N4O2. The molecule has 0 aliphatic carbocycles. The van der Waals surface area contributed by atoms with E-state index in [1.54, 1.807) is 30.4 Å². The lowest BCUT2D eigenvalue weighted by atomic mass is 9.98. The summed E-state index contributed by atoms with van der Waals surface area (Å²) in [5, 5.41) is 2.93. The molecule has 148 valence electrons. The summed E-state index contributed by atoms with van der Waals surface area (Å²) >= 11 is 0. The second kappa shape index (κ2) is 8.87. The van der Waals surface area contributed by atoms with E-state index in [9.17, 15) is 9.59 Å². The Morgan fingerprint density at radius 2 is 1.86 bits per heavy atom. The fraction of sp³-hybridized carbons (Fsp3) is 0.409. The van der Waals surface area contributed by atoms with E-state index in [4.69, 9.17) is 0 Å². The number of hydrogen-bond acceptors (Lipinski definition) is 3. The first kappa shape index (κ1) is 19.9. The lowest BCUT2D eigenvalue weighted by molar-refractivity contribution is 0.0697. The van der Waals surface area contributed by atoms with Gasteiger partial charge < -0.3 is 15.1 Å². The minimum atomic E-state index is -0.191. The van der Waals surface area contributed by atoms with Crippen LogP contribution in [0.1, 0.15) is 41.3 Å². The lowest BCUT2D eigenvalue weighted by Crippen LogP contribution is -2.38. The van der Waals surface area contributed by atoms with Crippen molar-refractivity contribution in [3.63, 3.8) is 0 Å². The van der Waals surface area contributed by atoms with Gasteiger partial charge in [-0.05, 0) is 67.1 Å². The van der Waals surface area contributed by atoms with E-state index in [1.807, 2.05) is 36.1 Å². The molecule has 0 bridgehead atoms. The third kappa shape index (κ3) is 4.88. The lowest BCUT2D eigenvalue weighted by Gasteiger charge is -2.30. The first-order chi connectivity index (χ1) is 13.4. The number of hydrogen-bond donors (Lipinski definition) is 1. The topological polar surface area (TPSA) is 65.5 Å². The highest BCUT2D eigenvalue weighted by molar-refractivity contribution is 5.96. The Bertz CT molecular complexity index is 830. The summed E-state index contributed by atoms with van der Waals surface area (Å²) in [6, 6.07) is 9.05. The van der Waals surface area contributed by atoms with Gasteiger partial charge in [0.15, 0.2) is 0 Å². The summed E-state index contributed by atoms with van der Waals surface area (Å²) < 4.78 is 0. The molecule has 3 amide bonds. The van der Waals surface area contributed by atoms with Gasteiger partial charge in [-0.1, -0.05) is 6.92 Å². The SMILES string of the molecule is Cc1cc(C(=O)N2CCC(C)CC2)ccc1NC(=O)N(C)Cc1ccncc1. The number of nitrogens with one attached hydrogen (secondary N) is 1. The van der Waals surface area contributed by atoms with Crippen molar-refractivity contribution in [3.8, 4) is 0 Å². The minimum absolute atomic E-state index is 0.0719. The van der Waals surface area contributed by atoms with Gasteiger partial charge in [-0.2, -0.15) is 0 Å². The molecule has 1 aliphatic heterocycles. The number of pyridine rings is 1. The van der Waals surface area contributed by atoms with E-state index in [0.29, 0.717) is 18.0 Å². The molecule has 1 aliphatic rings. The van der Waals surface area contributed by atoms with E-state index in [1.165, 1.54) is 0 Å². The van der Waals surface area contributed by atoms with E-state index >= 15 is 0 Å². The second-order valence-corrected chi connectivity index (χ2v) is 7.65. The molecule has 6 heteroatoms. The van der Waals surface area contributed by atoms with Crippen molar-refractivity contribution in [2.75, 3.05) is 25.5 Å². The zero-order valence-electron chi connectivity index (χ0n) is 16.8. The molecule has 1 aromatic heterocycles. The molecule has 0 spiro atoms. The van der Waals surface area contributed by atoms with Crippen LogP contribution >= 0.6 is 0 Å². The van der Waals surface area contributed by atoms with Gasteiger partial charge in [0.2, 0.25) is 0 Å². The first-order valence-corrected chi connectivity index (χ1v) is 9.75. The maximum atomic E-state index is 12.7. The Hall–Kier alpha value is -2.89. The standard InChI is InChI=1S/C22H28N4O2/c1-16-8-12-26(13-9-16)21(27)19-4-5-20(17(2)14-19)24-22(28)25(3)15-18-6-10-23-11-7-18/h4-7,10-11,14,16H,8-9,12-13,15H2,1-3H3,(H,24,28). The largest absolute Gasteiger partial charge is 0.339 e. The summed E-state index contributed by atoms with van der Waals surface area (Å²) in [4.78, 5) is 32.7. The molecule has 1 fully saturated rings. The first-order valence-electron chi connectivity index (χ1n) is 9.75. The van der Waals surface area contributed by atoms with Crippen molar-refractivity contribution >= 4 is 17.6 Å². The van der Waals surface area contributed by atoms with Crippen molar-refractivity contribution in [3.05, 3.63) is 59.4 Å². The van der Waals surface area contributed by atoms with Crippen LogP contribution in [0.15, 0.2) is 42.7 Å². The quantitative estimate of drug-likeness (QED) is 0.874. The van der Waals surface area contributed by atoms with Crippen LogP contribution in [0.5, 0.6) is 0 Å². The maximum absolute atomic E-state index is 12.7. The highest BCUT2D eigenvalue weighted by Gasteiger charge is 2.22. The Morgan fingerprint density at radius 1 is 1.18 bits per heavy atom. The zero-order valence-corrected chi connectivity index (χ0v) is 16.8. The number of nitrogens with zero attached hydrogens (tertiary/aromatic N) is 3. The van der Waals surface area contributed by atoms with Crippen LogP contribution in [0.25, 0.3) is 0 Å². The Balaban J connectivity index is 1.62. The van der Waals surface area contributed by atoms with Crippen molar-refractivity contribution in [2.45, 2.75) is 33.2 Å². The normalized spacial score (nSPS) is 14.6. The summed E-state index contributed by atoms with van der Waals surface area (Å²) in [6.45, 7) is 6.27. The fourth-order valence-corrected chi connectivity index (χ4v) is 3.38. The summed E-state index contributed by atoms with van der Waals surface area (Å²) in [5.74, 6) is 0.759. The number of piperidine rings is 1. The Morgan fingerprint density at radius 3 is 2.50 bits per heavy atom. The summed E-state index contributed by atoms with van der Waals surface area (Å²) in [6.07, 6.45) is 5.54. The van der Waals surface area contributed by atoms with E-state index in [-0.39, 0.29) is 11.9 Å². The molecule has 2 aromatic rings. The Labute approximate surface area is 166 Å². The molecule has 1 N–H and O–H groups in total. The predicted octanol–water partition coefficient (Wildman–Crippen LogP) is 3.93. The van der Waals surface area contributed by atoms with Crippen LogP contribution in [-0.2, 0) is 6.54 Å². The van der Waals surface area contributed by atoms with Crippen LogP contribution in [0.4, 0.5) is 10.5 Å². The van der Waals surface area contributed by atoms with Gasteiger partial charge in [0.05, 0.1) is 0 Å². The number of carbonyl (C=O) groups is 2. The molecule has 2 heterocycles. The van der Waals surface area contributed by atoms with Crippen LogP contribution in [-0.4, -0.2) is 46.9 Å². The van der Waals surface area contributed by atoms with Gasteiger partial charge in [-0.25, -0.2) is 4.79 Å². The molecule has 0 saturated carbocycles. The molecule has 3 rings (SSSR count). The number of urea groups is 1. The average Bonchev–Trinajstić information content (AvgIpc) is 2.70. The third-order valence-electron chi connectivity index (χ3n) is 5.30. The number of aromatic nitrogens is 1. The number of anilines is 1. The highest BCUT2D eigenvalue weighted by Crippen LogP contribution is 2.21. The van der Waals surface area contributed by atoms with Gasteiger partial charge >= 0.3 is 6.03 Å². The molecular weight excluding hydrogens is 352 g/mol. The van der Waals surface area contributed by atoms with Gasteiger partial charge in [0.1, 0.15) is 0 Å².